The summed E-state index contributed by atoms with van der Waals surface area (Å²) in [6.07, 6.45) is -4.03. The highest BCUT2D eigenvalue weighted by Gasteiger charge is 2.39. The van der Waals surface area contributed by atoms with Gasteiger partial charge in [-0.3, -0.25) is 4.79 Å². The summed E-state index contributed by atoms with van der Waals surface area (Å²) < 4.78 is 55.4. The lowest BCUT2D eigenvalue weighted by molar-refractivity contribution is -0.157. The maximum absolute atomic E-state index is 13.2. The van der Waals surface area contributed by atoms with E-state index in [1.807, 2.05) is 0 Å². The molecule has 1 atom stereocenters. The predicted octanol–water partition coefficient (Wildman–Crippen LogP) is 3.23. The number of hydrogen-bond donors (Lipinski definition) is 0. The SMILES string of the molecule is COc1ccc(F)cc1CSC1CCN(CC(F)(F)F)C1=O. The smallest absolute Gasteiger partial charge is 0.406 e. The average molecular weight is 337 g/mol. The van der Waals surface area contributed by atoms with E-state index in [-0.39, 0.29) is 6.54 Å². The molecule has 1 unspecified atom stereocenters. The first-order chi connectivity index (χ1) is 10.3. The first-order valence-corrected chi connectivity index (χ1v) is 7.64. The molecular weight excluding hydrogens is 322 g/mol. The molecule has 1 aliphatic rings. The van der Waals surface area contributed by atoms with Crippen LogP contribution in [0.25, 0.3) is 0 Å². The van der Waals surface area contributed by atoms with Gasteiger partial charge in [-0.25, -0.2) is 4.39 Å². The zero-order valence-electron chi connectivity index (χ0n) is 11.8. The van der Waals surface area contributed by atoms with Gasteiger partial charge in [0, 0.05) is 17.9 Å². The van der Waals surface area contributed by atoms with E-state index < -0.39 is 29.7 Å². The highest BCUT2D eigenvalue weighted by atomic mass is 32.2. The Morgan fingerprint density at radius 3 is 2.77 bits per heavy atom. The molecule has 0 spiro atoms. The summed E-state index contributed by atoms with van der Waals surface area (Å²) in [5.41, 5.74) is 0.578. The van der Waals surface area contributed by atoms with Crippen LogP contribution in [-0.2, 0) is 10.5 Å². The molecule has 122 valence electrons. The summed E-state index contributed by atoms with van der Waals surface area (Å²) in [5.74, 6) is -0.144. The predicted molar refractivity (Wildman–Crippen MR) is 75.3 cm³/mol. The summed E-state index contributed by atoms with van der Waals surface area (Å²) in [4.78, 5) is 12.7. The van der Waals surface area contributed by atoms with E-state index in [1.165, 1.54) is 37.1 Å². The molecule has 0 aliphatic carbocycles. The minimum absolute atomic E-state index is 0.0935. The van der Waals surface area contributed by atoms with Gasteiger partial charge in [-0.15, -0.1) is 11.8 Å². The number of alkyl halides is 3. The van der Waals surface area contributed by atoms with Crippen LogP contribution in [-0.4, -0.2) is 42.4 Å². The second-order valence-electron chi connectivity index (χ2n) is 4.92. The minimum Gasteiger partial charge on any atom is -0.496 e. The van der Waals surface area contributed by atoms with Crippen LogP contribution in [0, 0.1) is 5.82 Å². The monoisotopic (exact) mass is 337 g/mol. The van der Waals surface area contributed by atoms with E-state index in [9.17, 15) is 22.4 Å². The number of hydrogen-bond acceptors (Lipinski definition) is 3. The molecule has 3 nitrogen and oxygen atoms in total. The number of ether oxygens (including phenoxy) is 1. The van der Waals surface area contributed by atoms with E-state index in [0.717, 1.165) is 4.90 Å². The van der Waals surface area contributed by atoms with Crippen molar-refractivity contribution in [3.8, 4) is 5.75 Å². The maximum atomic E-state index is 13.2. The van der Waals surface area contributed by atoms with Gasteiger partial charge in [-0.2, -0.15) is 13.2 Å². The number of likely N-dealkylation sites (tertiary alicyclic amines) is 1. The topological polar surface area (TPSA) is 29.5 Å². The largest absolute Gasteiger partial charge is 0.496 e. The van der Waals surface area contributed by atoms with Crippen molar-refractivity contribution in [1.29, 1.82) is 0 Å². The molecular formula is C14H15F4NO2S. The van der Waals surface area contributed by atoms with E-state index >= 15 is 0 Å². The van der Waals surface area contributed by atoms with Crippen molar-refractivity contribution in [3.63, 3.8) is 0 Å². The van der Waals surface area contributed by atoms with Gasteiger partial charge in [-0.1, -0.05) is 0 Å². The van der Waals surface area contributed by atoms with Crippen LogP contribution in [0.15, 0.2) is 18.2 Å². The molecule has 1 saturated heterocycles. The molecule has 0 aromatic heterocycles. The molecule has 1 aromatic carbocycles. The number of rotatable bonds is 5. The molecule has 0 radical (unpaired) electrons. The van der Waals surface area contributed by atoms with Gasteiger partial charge in [0.05, 0.1) is 12.4 Å². The van der Waals surface area contributed by atoms with Crippen LogP contribution >= 0.6 is 11.8 Å². The maximum Gasteiger partial charge on any atom is 0.406 e. The third kappa shape index (κ3) is 4.28. The molecule has 0 bridgehead atoms. The number of nitrogens with zero attached hydrogens (tertiary/aromatic N) is 1. The molecule has 1 fully saturated rings. The van der Waals surface area contributed by atoms with Crippen molar-refractivity contribution in [1.82, 2.24) is 4.90 Å². The molecule has 2 rings (SSSR count). The Bertz CT molecular complexity index is 550. The molecule has 0 saturated carbocycles. The quantitative estimate of drug-likeness (QED) is 0.773. The van der Waals surface area contributed by atoms with Crippen LogP contribution in [0.1, 0.15) is 12.0 Å². The van der Waals surface area contributed by atoms with Gasteiger partial charge in [0.2, 0.25) is 5.91 Å². The first kappa shape index (κ1) is 16.9. The molecule has 8 heteroatoms. The third-order valence-corrected chi connectivity index (χ3v) is 4.62. The lowest BCUT2D eigenvalue weighted by Crippen LogP contribution is -2.36. The zero-order chi connectivity index (χ0) is 16.3. The van der Waals surface area contributed by atoms with Crippen molar-refractivity contribution in [2.45, 2.75) is 23.6 Å². The Labute approximate surface area is 129 Å². The van der Waals surface area contributed by atoms with Crippen LogP contribution in [0.2, 0.25) is 0 Å². The Morgan fingerprint density at radius 2 is 2.14 bits per heavy atom. The highest BCUT2D eigenvalue weighted by molar-refractivity contribution is 7.99. The van der Waals surface area contributed by atoms with Gasteiger partial charge < -0.3 is 9.64 Å². The summed E-state index contributed by atoms with van der Waals surface area (Å²) in [6, 6.07) is 4.05. The molecule has 1 heterocycles. The van der Waals surface area contributed by atoms with Gasteiger partial charge in [-0.05, 0) is 24.6 Å². The molecule has 1 aliphatic heterocycles. The summed E-state index contributed by atoms with van der Waals surface area (Å²) in [5, 5.41) is -0.532. The van der Waals surface area contributed by atoms with Crippen LogP contribution in [0.3, 0.4) is 0 Å². The van der Waals surface area contributed by atoms with Crippen molar-refractivity contribution in [2.24, 2.45) is 0 Å². The Balaban J connectivity index is 1.96. The fraction of sp³-hybridized carbons (Fsp3) is 0.500. The second kappa shape index (κ2) is 6.76. The fourth-order valence-electron chi connectivity index (χ4n) is 2.29. The standard InChI is InChI=1S/C14H15F4NO2S/c1-21-11-3-2-10(15)6-9(11)7-22-12-4-5-19(13(12)20)8-14(16,17)18/h2-3,6,12H,4-5,7-8H2,1H3. The summed E-state index contributed by atoms with van der Waals surface area (Å²) in [6.45, 7) is -1.12. The van der Waals surface area contributed by atoms with E-state index in [1.54, 1.807) is 0 Å². The number of carbonyl (C=O) groups excluding carboxylic acids is 1. The van der Waals surface area contributed by atoms with Gasteiger partial charge in [0.1, 0.15) is 18.1 Å². The van der Waals surface area contributed by atoms with Gasteiger partial charge >= 0.3 is 6.18 Å². The van der Waals surface area contributed by atoms with E-state index in [4.69, 9.17) is 4.74 Å². The van der Waals surface area contributed by atoms with Gasteiger partial charge in [0.15, 0.2) is 0 Å². The van der Waals surface area contributed by atoms with Crippen molar-refractivity contribution < 1.29 is 27.1 Å². The number of benzene rings is 1. The normalized spacial score (nSPS) is 18.9. The summed E-state index contributed by atoms with van der Waals surface area (Å²) in [7, 11) is 1.45. The lowest BCUT2D eigenvalue weighted by atomic mass is 10.2. The number of carbonyl (C=O) groups is 1. The Kier molecular flexibility index (Phi) is 5.20. The molecule has 1 aromatic rings. The Hall–Kier alpha value is -1.44. The Morgan fingerprint density at radius 1 is 1.41 bits per heavy atom. The average Bonchev–Trinajstić information content (AvgIpc) is 2.76. The van der Waals surface area contributed by atoms with E-state index in [0.29, 0.717) is 23.5 Å². The van der Waals surface area contributed by atoms with Crippen molar-refractivity contribution in [2.75, 3.05) is 20.2 Å². The van der Waals surface area contributed by atoms with Gasteiger partial charge in [0.25, 0.3) is 0 Å². The number of thioether (sulfide) groups is 1. The van der Waals surface area contributed by atoms with Crippen LogP contribution in [0.4, 0.5) is 17.6 Å². The van der Waals surface area contributed by atoms with Crippen LogP contribution in [0.5, 0.6) is 5.75 Å². The molecule has 0 N–H and O–H groups in total. The number of halogens is 4. The van der Waals surface area contributed by atoms with Crippen LogP contribution < -0.4 is 4.74 Å². The second-order valence-corrected chi connectivity index (χ2v) is 6.11. The lowest BCUT2D eigenvalue weighted by Gasteiger charge is -2.18. The first-order valence-electron chi connectivity index (χ1n) is 6.59. The van der Waals surface area contributed by atoms with Crippen molar-refractivity contribution >= 4 is 17.7 Å². The number of amides is 1. The molecule has 1 amide bonds. The van der Waals surface area contributed by atoms with Crippen molar-refractivity contribution in [3.05, 3.63) is 29.6 Å². The minimum atomic E-state index is -4.39. The molecule has 22 heavy (non-hydrogen) atoms. The number of methoxy groups -OCH3 is 1. The zero-order valence-corrected chi connectivity index (χ0v) is 12.6. The fourth-order valence-corrected chi connectivity index (χ4v) is 3.46. The highest BCUT2D eigenvalue weighted by Crippen LogP contribution is 2.32. The van der Waals surface area contributed by atoms with E-state index in [2.05, 4.69) is 0 Å². The third-order valence-electron chi connectivity index (χ3n) is 3.30. The summed E-state index contributed by atoms with van der Waals surface area (Å²) >= 11 is 1.21.